The number of hydrogen-bond acceptors (Lipinski definition) is 1. The van der Waals surface area contributed by atoms with E-state index in [1.54, 1.807) is 0 Å². The molecule has 0 saturated carbocycles. The van der Waals surface area contributed by atoms with Crippen LogP contribution in [0.25, 0.3) is 0 Å². The molecule has 1 N–H and O–H groups in total. The minimum atomic E-state index is -1.08. The lowest BCUT2D eigenvalue weighted by Crippen LogP contribution is -2.06. The average Bonchev–Trinajstić information content (AvgIpc) is 1.85. The number of hydrogen-bond donors (Lipinski definition) is 1. The van der Waals surface area contributed by atoms with Gasteiger partial charge in [0.15, 0.2) is 0 Å². The standard InChI is InChI=1S/C7H15OSi/c1-3-5-7-9(8)6-4-2/h5,7-8H,3-4,6H2,1-2H3. The zero-order valence-electron chi connectivity index (χ0n) is 6.22. The molecule has 2 heteroatoms. The molecule has 0 aliphatic carbocycles. The lowest BCUT2D eigenvalue weighted by Gasteiger charge is -1.95. The van der Waals surface area contributed by atoms with Gasteiger partial charge in [-0.1, -0.05) is 32.0 Å². The highest BCUT2D eigenvalue weighted by atomic mass is 28.3. The summed E-state index contributed by atoms with van der Waals surface area (Å²) in [4.78, 5) is 9.20. The van der Waals surface area contributed by atoms with E-state index in [1.807, 2.05) is 11.8 Å². The molecule has 0 rings (SSSR count). The van der Waals surface area contributed by atoms with E-state index in [-0.39, 0.29) is 0 Å². The minimum absolute atomic E-state index is 0.987. The van der Waals surface area contributed by atoms with Crippen LogP contribution < -0.4 is 0 Å². The molecule has 0 aromatic heterocycles. The maximum absolute atomic E-state index is 9.20. The molecule has 53 valence electrons. The Labute approximate surface area is 59.1 Å². The van der Waals surface area contributed by atoms with E-state index in [2.05, 4.69) is 13.8 Å². The Morgan fingerprint density at radius 2 is 2.11 bits per heavy atom. The molecule has 1 nitrogen and oxygen atoms in total. The minimum Gasteiger partial charge on any atom is -0.428 e. The second-order valence-electron chi connectivity index (χ2n) is 2.05. The second-order valence-corrected chi connectivity index (χ2v) is 3.87. The molecule has 0 heterocycles. The van der Waals surface area contributed by atoms with Gasteiger partial charge in [0.25, 0.3) is 0 Å². The SMILES string of the molecule is CCC=C[Si](O)CCC. The fourth-order valence-electron chi connectivity index (χ4n) is 0.593. The molecule has 0 amide bonds. The van der Waals surface area contributed by atoms with Gasteiger partial charge in [-0.3, -0.25) is 0 Å². The molecule has 0 atom stereocenters. The summed E-state index contributed by atoms with van der Waals surface area (Å²) < 4.78 is 0. The molecule has 0 spiro atoms. The molecule has 0 aromatic rings. The summed E-state index contributed by atoms with van der Waals surface area (Å²) in [6, 6.07) is 0.987. The lowest BCUT2D eigenvalue weighted by atomic mass is 10.5. The van der Waals surface area contributed by atoms with Gasteiger partial charge in [0.05, 0.1) is 0 Å². The first-order valence-corrected chi connectivity index (χ1v) is 5.25. The maximum atomic E-state index is 9.20. The largest absolute Gasteiger partial charge is 0.428 e. The van der Waals surface area contributed by atoms with E-state index in [0.717, 1.165) is 18.9 Å². The van der Waals surface area contributed by atoms with Crippen LogP contribution in [-0.2, 0) is 0 Å². The summed E-state index contributed by atoms with van der Waals surface area (Å²) in [5.74, 6) is 0. The fraction of sp³-hybridized carbons (Fsp3) is 0.714. The van der Waals surface area contributed by atoms with Crippen LogP contribution in [0, 0.1) is 0 Å². The summed E-state index contributed by atoms with van der Waals surface area (Å²) >= 11 is 0. The van der Waals surface area contributed by atoms with Gasteiger partial charge in [-0.05, 0) is 12.5 Å². The highest BCUT2D eigenvalue weighted by molar-refractivity contribution is 6.56. The number of allylic oxidation sites excluding steroid dienone is 1. The predicted octanol–water partition coefficient (Wildman–Crippen LogP) is 1.89. The van der Waals surface area contributed by atoms with Crippen molar-refractivity contribution in [2.75, 3.05) is 0 Å². The van der Waals surface area contributed by atoms with Gasteiger partial charge in [0.1, 0.15) is 0 Å². The summed E-state index contributed by atoms with van der Waals surface area (Å²) in [6.45, 7) is 4.18. The summed E-state index contributed by atoms with van der Waals surface area (Å²) in [5.41, 5.74) is 1.97. The Morgan fingerprint density at radius 3 is 2.56 bits per heavy atom. The van der Waals surface area contributed by atoms with E-state index in [4.69, 9.17) is 0 Å². The molecular weight excluding hydrogens is 128 g/mol. The van der Waals surface area contributed by atoms with Crippen LogP contribution in [0.3, 0.4) is 0 Å². The molecule has 0 aliphatic rings. The highest BCUT2D eigenvalue weighted by Gasteiger charge is 1.98. The first-order valence-electron chi connectivity index (χ1n) is 3.52. The zero-order chi connectivity index (χ0) is 7.11. The monoisotopic (exact) mass is 143 g/mol. The Kier molecular flexibility index (Phi) is 5.99. The molecule has 1 radical (unpaired) electrons. The zero-order valence-corrected chi connectivity index (χ0v) is 7.22. The van der Waals surface area contributed by atoms with Crippen molar-refractivity contribution >= 4 is 9.04 Å². The van der Waals surface area contributed by atoms with Crippen LogP contribution >= 0.6 is 0 Å². The molecule has 9 heavy (non-hydrogen) atoms. The Morgan fingerprint density at radius 1 is 1.44 bits per heavy atom. The van der Waals surface area contributed by atoms with Crippen LogP contribution in [0.15, 0.2) is 11.8 Å². The highest BCUT2D eigenvalue weighted by Crippen LogP contribution is 1.95. The average molecular weight is 143 g/mol. The van der Waals surface area contributed by atoms with E-state index >= 15 is 0 Å². The molecule has 0 fully saturated rings. The summed E-state index contributed by atoms with van der Waals surface area (Å²) in [5, 5.41) is 0. The molecule has 0 aliphatic heterocycles. The fourth-order valence-corrected chi connectivity index (χ4v) is 1.78. The van der Waals surface area contributed by atoms with Crippen molar-refractivity contribution in [3.05, 3.63) is 11.8 Å². The van der Waals surface area contributed by atoms with Crippen molar-refractivity contribution in [3.8, 4) is 0 Å². The summed E-state index contributed by atoms with van der Waals surface area (Å²) in [6.07, 6.45) is 4.18. The van der Waals surface area contributed by atoms with Crippen LogP contribution in [0.4, 0.5) is 0 Å². The Hall–Kier alpha value is -0.0831. The molecule has 0 bridgehead atoms. The van der Waals surface area contributed by atoms with Gasteiger partial charge in [-0.2, -0.15) is 0 Å². The molecular formula is C7H15OSi. The molecule has 0 saturated heterocycles. The topological polar surface area (TPSA) is 20.2 Å². The second kappa shape index (κ2) is 6.04. The van der Waals surface area contributed by atoms with Gasteiger partial charge in [0, 0.05) is 0 Å². The van der Waals surface area contributed by atoms with Crippen LogP contribution in [0.2, 0.25) is 6.04 Å². The van der Waals surface area contributed by atoms with Crippen LogP contribution in [-0.4, -0.2) is 13.8 Å². The van der Waals surface area contributed by atoms with Gasteiger partial charge in [0.2, 0.25) is 9.04 Å². The third-order valence-electron chi connectivity index (χ3n) is 1.05. The van der Waals surface area contributed by atoms with Crippen molar-refractivity contribution < 1.29 is 4.80 Å². The van der Waals surface area contributed by atoms with E-state index in [9.17, 15) is 4.80 Å². The van der Waals surface area contributed by atoms with Gasteiger partial charge >= 0.3 is 0 Å². The molecule has 0 unspecified atom stereocenters. The van der Waals surface area contributed by atoms with Crippen molar-refractivity contribution in [1.29, 1.82) is 0 Å². The Balaban J connectivity index is 3.25. The van der Waals surface area contributed by atoms with Crippen LogP contribution in [0.5, 0.6) is 0 Å². The van der Waals surface area contributed by atoms with Crippen molar-refractivity contribution in [2.45, 2.75) is 32.7 Å². The smallest absolute Gasteiger partial charge is 0.234 e. The van der Waals surface area contributed by atoms with E-state index in [1.165, 1.54) is 0 Å². The lowest BCUT2D eigenvalue weighted by molar-refractivity contribution is 0.580. The predicted molar refractivity (Wildman–Crippen MR) is 42.5 cm³/mol. The van der Waals surface area contributed by atoms with Crippen molar-refractivity contribution in [2.24, 2.45) is 0 Å². The summed E-state index contributed by atoms with van der Waals surface area (Å²) in [7, 11) is -1.08. The normalized spacial score (nSPS) is 11.6. The van der Waals surface area contributed by atoms with Crippen molar-refractivity contribution in [3.63, 3.8) is 0 Å². The van der Waals surface area contributed by atoms with Crippen molar-refractivity contribution in [1.82, 2.24) is 0 Å². The maximum Gasteiger partial charge on any atom is 0.234 e. The van der Waals surface area contributed by atoms with Gasteiger partial charge < -0.3 is 4.80 Å². The third kappa shape index (κ3) is 5.79. The van der Waals surface area contributed by atoms with Crippen LogP contribution in [0.1, 0.15) is 26.7 Å². The third-order valence-corrected chi connectivity index (χ3v) is 2.68. The van der Waals surface area contributed by atoms with Gasteiger partial charge in [-0.15, -0.1) is 0 Å². The Bertz CT molecular complexity index is 81.0. The van der Waals surface area contributed by atoms with E-state index in [0.29, 0.717) is 0 Å². The van der Waals surface area contributed by atoms with E-state index < -0.39 is 9.04 Å². The first kappa shape index (κ1) is 8.92. The first-order chi connectivity index (χ1) is 4.31. The molecule has 0 aromatic carbocycles. The number of rotatable bonds is 4. The quantitative estimate of drug-likeness (QED) is 0.596. The van der Waals surface area contributed by atoms with Gasteiger partial charge in [-0.25, -0.2) is 0 Å².